The average Bonchev–Trinajstić information content (AvgIpc) is 2.55. The number of hydrazine groups is 1. The second-order valence-electron chi connectivity index (χ2n) is 6.22. The number of hydrogen-bond acceptors (Lipinski definition) is 4. The summed E-state index contributed by atoms with van der Waals surface area (Å²) < 4.78 is 13.0. The van der Waals surface area contributed by atoms with E-state index in [9.17, 15) is 14.4 Å². The summed E-state index contributed by atoms with van der Waals surface area (Å²) in [4.78, 5) is 12.9. The molecular formula is C17H23FN4O. The molecule has 6 heteroatoms. The minimum absolute atomic E-state index is 0.107. The molecule has 124 valence electrons. The van der Waals surface area contributed by atoms with Gasteiger partial charge in [-0.3, -0.25) is 4.79 Å². The predicted molar refractivity (Wildman–Crippen MR) is 86.5 cm³/mol. The van der Waals surface area contributed by atoms with Gasteiger partial charge >= 0.3 is 0 Å². The van der Waals surface area contributed by atoms with Gasteiger partial charge in [0.2, 0.25) is 0 Å². The van der Waals surface area contributed by atoms with Crippen LogP contribution in [0.25, 0.3) is 0 Å². The monoisotopic (exact) mass is 318 g/mol. The highest BCUT2D eigenvalue weighted by molar-refractivity contribution is 5.84. The highest BCUT2D eigenvalue weighted by Crippen LogP contribution is 2.18. The standard InChI is InChI=1S/C17H23FN4O/c1-13(2)11-16(20-15-7-5-14(18)6-8-15)17(23)22-10-4-3-9-21(22)12-19/h5-8,13,16,20H,3-4,9-11H2,1-2H3. The van der Waals surface area contributed by atoms with E-state index < -0.39 is 6.04 Å². The van der Waals surface area contributed by atoms with Gasteiger partial charge in [-0.2, -0.15) is 5.26 Å². The third kappa shape index (κ3) is 4.59. The molecule has 1 aromatic carbocycles. The topological polar surface area (TPSA) is 59.4 Å². The Kier molecular flexibility index (Phi) is 5.80. The maximum atomic E-state index is 13.0. The number of nitrogens with zero attached hydrogens (tertiary/aromatic N) is 3. The first-order chi connectivity index (χ1) is 11.0. The fourth-order valence-electron chi connectivity index (χ4n) is 2.72. The first-order valence-electron chi connectivity index (χ1n) is 8.02. The minimum Gasteiger partial charge on any atom is -0.374 e. The predicted octanol–water partition coefficient (Wildman–Crippen LogP) is 2.97. The molecule has 0 bridgehead atoms. The van der Waals surface area contributed by atoms with E-state index in [1.54, 1.807) is 12.1 Å². The Hall–Kier alpha value is -2.29. The number of amides is 1. The van der Waals surface area contributed by atoms with E-state index in [1.165, 1.54) is 22.2 Å². The number of carbonyl (C=O) groups is 1. The Labute approximate surface area is 136 Å². The molecule has 0 spiro atoms. The van der Waals surface area contributed by atoms with Crippen LogP contribution in [0.4, 0.5) is 10.1 Å². The molecule has 5 nitrogen and oxygen atoms in total. The van der Waals surface area contributed by atoms with Gasteiger partial charge < -0.3 is 5.32 Å². The molecule has 0 aliphatic carbocycles. The lowest BCUT2D eigenvalue weighted by molar-refractivity contribution is -0.147. The maximum absolute atomic E-state index is 13.0. The van der Waals surface area contributed by atoms with Gasteiger partial charge in [-0.05, 0) is 49.4 Å². The Bertz CT molecular complexity index is 567. The summed E-state index contributed by atoms with van der Waals surface area (Å²) >= 11 is 0. The fourth-order valence-corrected chi connectivity index (χ4v) is 2.72. The number of anilines is 1. The molecule has 1 unspecified atom stereocenters. The Balaban J connectivity index is 2.14. The lowest BCUT2D eigenvalue weighted by atomic mass is 10.0. The second-order valence-corrected chi connectivity index (χ2v) is 6.22. The molecule has 1 N–H and O–H groups in total. The molecule has 1 aliphatic heterocycles. The van der Waals surface area contributed by atoms with E-state index in [2.05, 4.69) is 11.5 Å². The first-order valence-corrected chi connectivity index (χ1v) is 8.02. The van der Waals surface area contributed by atoms with Gasteiger partial charge in [0.1, 0.15) is 11.9 Å². The molecule has 0 saturated carbocycles. The summed E-state index contributed by atoms with van der Waals surface area (Å²) in [6, 6.07) is 5.53. The number of benzene rings is 1. The van der Waals surface area contributed by atoms with E-state index in [0.29, 0.717) is 31.1 Å². The van der Waals surface area contributed by atoms with Crippen molar-refractivity contribution >= 4 is 11.6 Å². The van der Waals surface area contributed by atoms with Crippen molar-refractivity contribution in [3.05, 3.63) is 30.1 Å². The van der Waals surface area contributed by atoms with Gasteiger partial charge in [0.25, 0.3) is 5.91 Å². The van der Waals surface area contributed by atoms with E-state index in [1.807, 2.05) is 13.8 Å². The van der Waals surface area contributed by atoms with Crippen LogP contribution in [-0.2, 0) is 4.79 Å². The molecule has 1 atom stereocenters. The summed E-state index contributed by atoms with van der Waals surface area (Å²) in [6.45, 7) is 5.23. The van der Waals surface area contributed by atoms with Gasteiger partial charge in [-0.25, -0.2) is 14.4 Å². The van der Waals surface area contributed by atoms with Crippen LogP contribution in [0.5, 0.6) is 0 Å². The summed E-state index contributed by atoms with van der Waals surface area (Å²) in [7, 11) is 0. The van der Waals surface area contributed by atoms with Crippen molar-refractivity contribution in [1.82, 2.24) is 10.0 Å². The summed E-state index contributed by atoms with van der Waals surface area (Å²) in [5.74, 6) is -0.101. The smallest absolute Gasteiger partial charge is 0.264 e. The molecule has 1 heterocycles. The molecule has 1 amide bonds. The molecule has 2 rings (SSSR count). The molecule has 1 aliphatic rings. The summed E-state index contributed by atoms with van der Waals surface area (Å²) in [5, 5.41) is 15.4. The Morgan fingerprint density at radius 2 is 1.96 bits per heavy atom. The number of hydrogen-bond donors (Lipinski definition) is 1. The molecule has 0 radical (unpaired) electrons. The largest absolute Gasteiger partial charge is 0.374 e. The van der Waals surface area contributed by atoms with Crippen molar-refractivity contribution < 1.29 is 9.18 Å². The number of rotatable bonds is 5. The van der Waals surface area contributed by atoms with Crippen molar-refractivity contribution in [3.63, 3.8) is 0 Å². The molecular weight excluding hydrogens is 295 g/mol. The van der Waals surface area contributed by atoms with Gasteiger partial charge in [0.15, 0.2) is 6.19 Å². The maximum Gasteiger partial charge on any atom is 0.264 e. The van der Waals surface area contributed by atoms with Crippen LogP contribution in [0.2, 0.25) is 0 Å². The van der Waals surface area contributed by atoms with Crippen LogP contribution < -0.4 is 5.32 Å². The zero-order chi connectivity index (χ0) is 16.8. The summed E-state index contributed by atoms with van der Waals surface area (Å²) in [5.41, 5.74) is 0.700. The first kappa shape index (κ1) is 17.1. The highest BCUT2D eigenvalue weighted by Gasteiger charge is 2.30. The Morgan fingerprint density at radius 1 is 1.30 bits per heavy atom. The van der Waals surface area contributed by atoms with Crippen molar-refractivity contribution in [2.24, 2.45) is 5.92 Å². The number of carbonyl (C=O) groups excluding carboxylic acids is 1. The molecule has 0 aromatic heterocycles. The van der Waals surface area contributed by atoms with Crippen molar-refractivity contribution in [2.75, 3.05) is 18.4 Å². The van der Waals surface area contributed by atoms with Gasteiger partial charge in [0.05, 0.1) is 6.54 Å². The van der Waals surface area contributed by atoms with E-state index in [-0.39, 0.29) is 11.7 Å². The summed E-state index contributed by atoms with van der Waals surface area (Å²) in [6.07, 6.45) is 4.53. The van der Waals surface area contributed by atoms with Crippen LogP contribution in [0.1, 0.15) is 33.1 Å². The second kappa shape index (κ2) is 7.82. The van der Waals surface area contributed by atoms with Crippen LogP contribution in [0.15, 0.2) is 24.3 Å². The van der Waals surface area contributed by atoms with Crippen LogP contribution in [0.3, 0.4) is 0 Å². The normalized spacial score (nSPS) is 16.1. The molecule has 1 saturated heterocycles. The molecule has 1 fully saturated rings. The average molecular weight is 318 g/mol. The number of nitriles is 1. The zero-order valence-electron chi connectivity index (χ0n) is 13.6. The Morgan fingerprint density at radius 3 is 2.57 bits per heavy atom. The van der Waals surface area contributed by atoms with Gasteiger partial charge in [-0.1, -0.05) is 13.8 Å². The lowest BCUT2D eigenvalue weighted by Crippen LogP contribution is -2.53. The van der Waals surface area contributed by atoms with Crippen molar-refractivity contribution in [2.45, 2.75) is 39.2 Å². The van der Waals surface area contributed by atoms with Crippen LogP contribution >= 0.6 is 0 Å². The highest BCUT2D eigenvalue weighted by atomic mass is 19.1. The third-order valence-electron chi connectivity index (χ3n) is 3.84. The molecule has 1 aromatic rings. The molecule has 23 heavy (non-hydrogen) atoms. The van der Waals surface area contributed by atoms with Gasteiger partial charge in [0, 0.05) is 12.2 Å². The number of nitrogens with one attached hydrogen (secondary N) is 1. The van der Waals surface area contributed by atoms with Crippen LogP contribution in [0, 0.1) is 23.2 Å². The van der Waals surface area contributed by atoms with Crippen molar-refractivity contribution in [3.8, 4) is 6.19 Å². The number of halogens is 1. The van der Waals surface area contributed by atoms with E-state index in [0.717, 1.165) is 12.8 Å². The van der Waals surface area contributed by atoms with E-state index >= 15 is 0 Å². The van der Waals surface area contributed by atoms with Gasteiger partial charge in [-0.15, -0.1) is 0 Å². The van der Waals surface area contributed by atoms with E-state index in [4.69, 9.17) is 0 Å². The quantitative estimate of drug-likeness (QED) is 0.848. The van der Waals surface area contributed by atoms with Crippen molar-refractivity contribution in [1.29, 1.82) is 5.26 Å². The SMILES string of the molecule is CC(C)CC(Nc1ccc(F)cc1)C(=O)N1CCCCN1C#N. The third-order valence-corrected chi connectivity index (χ3v) is 3.84. The fraction of sp³-hybridized carbons (Fsp3) is 0.529. The zero-order valence-corrected chi connectivity index (χ0v) is 13.6. The van der Waals surface area contributed by atoms with Crippen LogP contribution in [-0.4, -0.2) is 35.1 Å². The lowest BCUT2D eigenvalue weighted by Gasteiger charge is -2.37. The minimum atomic E-state index is -0.436.